The number of aliphatic hydroxyl groups excluding tert-OH is 1. The Kier molecular flexibility index (Phi) is 6.18. The lowest BCUT2D eigenvalue weighted by Gasteiger charge is -2.26. The zero-order valence-electron chi connectivity index (χ0n) is 16.8. The molecule has 0 heterocycles. The van der Waals surface area contributed by atoms with Gasteiger partial charge in [0.05, 0.1) is 12.1 Å². The van der Waals surface area contributed by atoms with Gasteiger partial charge in [-0.15, -0.1) is 0 Å². The van der Waals surface area contributed by atoms with Crippen molar-refractivity contribution in [2.45, 2.75) is 44.9 Å². The highest BCUT2D eigenvalue weighted by molar-refractivity contribution is 5.44. The Morgan fingerprint density at radius 3 is 1.93 bits per heavy atom. The molecule has 0 aromatic heterocycles. The van der Waals surface area contributed by atoms with E-state index >= 15 is 0 Å². The molecule has 0 spiro atoms. The Balaban J connectivity index is 1.87. The van der Waals surface area contributed by atoms with Gasteiger partial charge in [-0.2, -0.15) is 0 Å². The number of para-hydroxylation sites is 1. The smallest absolute Gasteiger partial charge is 0.123 e. The van der Waals surface area contributed by atoms with Gasteiger partial charge in [0.2, 0.25) is 0 Å². The second-order valence-corrected chi connectivity index (χ2v) is 8.19. The molecular formula is C25H29NO2. The summed E-state index contributed by atoms with van der Waals surface area (Å²) in [6.45, 7) is 6.72. The van der Waals surface area contributed by atoms with Crippen LogP contribution in [0.25, 0.3) is 0 Å². The van der Waals surface area contributed by atoms with Crippen LogP contribution in [0.2, 0.25) is 0 Å². The van der Waals surface area contributed by atoms with Crippen LogP contribution in [-0.2, 0) is 12.0 Å². The van der Waals surface area contributed by atoms with Crippen LogP contribution in [0.1, 0.15) is 55.2 Å². The fourth-order valence-corrected chi connectivity index (χ4v) is 3.47. The SMILES string of the molecule is CC(C)(C)c1cccc(CN[C@@H](c2ccccc2)[C@H](O)c2ccccc2)c1O. The van der Waals surface area contributed by atoms with E-state index in [1.54, 1.807) is 0 Å². The lowest BCUT2D eigenvalue weighted by Crippen LogP contribution is -2.27. The van der Waals surface area contributed by atoms with E-state index in [2.05, 4.69) is 26.1 Å². The second kappa shape index (κ2) is 8.59. The molecule has 0 saturated carbocycles. The summed E-state index contributed by atoms with van der Waals surface area (Å²) >= 11 is 0. The van der Waals surface area contributed by atoms with Gasteiger partial charge in [-0.05, 0) is 22.1 Å². The van der Waals surface area contributed by atoms with Crippen molar-refractivity contribution >= 4 is 0 Å². The Morgan fingerprint density at radius 2 is 1.36 bits per heavy atom. The monoisotopic (exact) mass is 375 g/mol. The molecule has 28 heavy (non-hydrogen) atoms. The van der Waals surface area contributed by atoms with Gasteiger partial charge in [-0.3, -0.25) is 0 Å². The highest BCUT2D eigenvalue weighted by atomic mass is 16.3. The van der Waals surface area contributed by atoms with Crippen molar-refractivity contribution in [2.75, 3.05) is 0 Å². The number of hydrogen-bond acceptors (Lipinski definition) is 3. The Labute approximate surface area is 167 Å². The van der Waals surface area contributed by atoms with E-state index in [9.17, 15) is 10.2 Å². The quantitative estimate of drug-likeness (QED) is 0.551. The third-order valence-electron chi connectivity index (χ3n) is 5.06. The molecule has 3 aromatic rings. The second-order valence-electron chi connectivity index (χ2n) is 8.19. The summed E-state index contributed by atoms with van der Waals surface area (Å²) in [6, 6.07) is 25.2. The van der Waals surface area contributed by atoms with Crippen molar-refractivity contribution < 1.29 is 10.2 Å². The van der Waals surface area contributed by atoms with Crippen molar-refractivity contribution in [2.24, 2.45) is 0 Å². The summed E-state index contributed by atoms with van der Waals surface area (Å²) < 4.78 is 0. The predicted octanol–water partition coefficient (Wildman–Crippen LogP) is 5.25. The normalized spacial score (nSPS) is 13.9. The highest BCUT2D eigenvalue weighted by Crippen LogP contribution is 2.34. The maximum Gasteiger partial charge on any atom is 0.123 e. The van der Waals surface area contributed by atoms with E-state index in [-0.39, 0.29) is 11.5 Å². The largest absolute Gasteiger partial charge is 0.507 e. The van der Waals surface area contributed by atoms with Crippen LogP contribution in [-0.4, -0.2) is 10.2 Å². The third-order valence-corrected chi connectivity index (χ3v) is 5.06. The number of nitrogens with one attached hydrogen (secondary N) is 1. The molecule has 3 heteroatoms. The van der Waals surface area contributed by atoms with Gasteiger partial charge < -0.3 is 15.5 Å². The molecule has 0 saturated heterocycles. The maximum atomic E-state index is 11.0. The van der Waals surface area contributed by atoms with Crippen LogP contribution in [0, 0.1) is 0 Å². The van der Waals surface area contributed by atoms with Gasteiger partial charge in [0.25, 0.3) is 0 Å². The lowest BCUT2D eigenvalue weighted by molar-refractivity contribution is 0.127. The van der Waals surface area contributed by atoms with Crippen LogP contribution in [0.3, 0.4) is 0 Å². The molecule has 0 aliphatic rings. The van der Waals surface area contributed by atoms with E-state index in [1.165, 1.54) is 0 Å². The summed E-state index contributed by atoms with van der Waals surface area (Å²) in [5, 5.41) is 25.3. The van der Waals surface area contributed by atoms with E-state index < -0.39 is 6.10 Å². The predicted molar refractivity (Wildman–Crippen MR) is 114 cm³/mol. The molecule has 0 bridgehead atoms. The van der Waals surface area contributed by atoms with Gasteiger partial charge in [0.1, 0.15) is 5.75 Å². The van der Waals surface area contributed by atoms with Gasteiger partial charge >= 0.3 is 0 Å². The van der Waals surface area contributed by atoms with Gasteiger partial charge in [0, 0.05) is 12.1 Å². The van der Waals surface area contributed by atoms with Crippen molar-refractivity contribution in [1.29, 1.82) is 0 Å². The number of hydrogen-bond donors (Lipinski definition) is 3. The van der Waals surface area contributed by atoms with Gasteiger partial charge in [-0.1, -0.05) is 99.6 Å². The average Bonchev–Trinajstić information content (AvgIpc) is 2.69. The summed E-state index contributed by atoms with van der Waals surface area (Å²) in [5.74, 6) is 0.323. The summed E-state index contributed by atoms with van der Waals surface area (Å²) in [7, 11) is 0. The van der Waals surface area contributed by atoms with Gasteiger partial charge in [0.15, 0.2) is 0 Å². The zero-order chi connectivity index (χ0) is 20.1. The zero-order valence-corrected chi connectivity index (χ0v) is 16.8. The summed E-state index contributed by atoms with van der Waals surface area (Å²) in [5.41, 5.74) is 3.48. The van der Waals surface area contributed by atoms with Crippen LogP contribution in [0.15, 0.2) is 78.9 Å². The van der Waals surface area contributed by atoms with Gasteiger partial charge in [-0.25, -0.2) is 0 Å². The number of rotatable bonds is 6. The first-order valence-electron chi connectivity index (χ1n) is 9.70. The molecule has 0 unspecified atom stereocenters. The molecule has 0 amide bonds. The molecule has 0 aliphatic heterocycles. The number of phenols is 1. The van der Waals surface area contributed by atoms with E-state index in [0.717, 1.165) is 22.3 Å². The molecule has 0 aliphatic carbocycles. The molecule has 2 atom stereocenters. The molecule has 3 rings (SSSR count). The third kappa shape index (κ3) is 4.61. The Bertz CT molecular complexity index is 885. The van der Waals surface area contributed by atoms with E-state index in [0.29, 0.717) is 12.3 Å². The fourth-order valence-electron chi connectivity index (χ4n) is 3.47. The molecular weight excluding hydrogens is 346 g/mol. The van der Waals surface area contributed by atoms with Crippen LogP contribution < -0.4 is 5.32 Å². The number of aliphatic hydroxyl groups is 1. The number of phenolic OH excluding ortho intramolecular Hbond substituents is 1. The molecule has 3 nitrogen and oxygen atoms in total. The minimum Gasteiger partial charge on any atom is -0.507 e. The summed E-state index contributed by atoms with van der Waals surface area (Å²) in [4.78, 5) is 0. The van der Waals surface area contributed by atoms with Crippen LogP contribution in [0.4, 0.5) is 0 Å². The molecule has 3 N–H and O–H groups in total. The number of benzene rings is 3. The molecule has 3 aromatic carbocycles. The van der Waals surface area contributed by atoms with Crippen molar-refractivity contribution in [3.05, 3.63) is 101 Å². The van der Waals surface area contributed by atoms with Crippen molar-refractivity contribution in [3.8, 4) is 5.75 Å². The first-order chi connectivity index (χ1) is 13.4. The van der Waals surface area contributed by atoms with Crippen molar-refractivity contribution in [3.63, 3.8) is 0 Å². The molecule has 0 radical (unpaired) electrons. The lowest BCUT2D eigenvalue weighted by atomic mass is 9.85. The minimum absolute atomic E-state index is 0.136. The van der Waals surface area contributed by atoms with Crippen LogP contribution in [0.5, 0.6) is 5.75 Å². The summed E-state index contributed by atoms with van der Waals surface area (Å²) in [6.07, 6.45) is -0.698. The maximum absolute atomic E-state index is 11.0. The fraction of sp³-hybridized carbons (Fsp3) is 0.280. The molecule has 146 valence electrons. The minimum atomic E-state index is -0.698. The van der Waals surface area contributed by atoms with Crippen molar-refractivity contribution in [1.82, 2.24) is 5.32 Å². The Hall–Kier alpha value is -2.62. The molecule has 0 fully saturated rings. The highest BCUT2D eigenvalue weighted by Gasteiger charge is 2.24. The first kappa shape index (κ1) is 20.1. The topological polar surface area (TPSA) is 52.5 Å². The van der Waals surface area contributed by atoms with Crippen LogP contribution >= 0.6 is 0 Å². The van der Waals surface area contributed by atoms with E-state index in [4.69, 9.17) is 0 Å². The number of aromatic hydroxyl groups is 1. The van der Waals surface area contributed by atoms with E-state index in [1.807, 2.05) is 78.9 Å². The standard InChI is InChI=1S/C25H29NO2/c1-25(2,3)21-16-10-15-20(23(21)27)17-26-22(18-11-6-4-7-12-18)24(28)19-13-8-5-9-14-19/h4-16,22,24,26-28H,17H2,1-3H3/t22-,24+/m0/s1. The average molecular weight is 376 g/mol. The first-order valence-corrected chi connectivity index (χ1v) is 9.70. The Morgan fingerprint density at radius 1 is 0.786 bits per heavy atom.